The molecule has 0 aromatic carbocycles. The van der Waals surface area contributed by atoms with Crippen molar-refractivity contribution in [1.82, 2.24) is 25.2 Å². The van der Waals surface area contributed by atoms with Gasteiger partial charge in [-0.15, -0.1) is 11.3 Å². The zero-order valence-electron chi connectivity index (χ0n) is 17.4. The SMILES string of the molecule is Cc1ncc(C(=O)NC(C)C(=O)N2CCC(CCc3c(C)nc(Cl)nc3N)CC2)s1. The minimum Gasteiger partial charge on any atom is -0.383 e. The van der Waals surface area contributed by atoms with Gasteiger partial charge in [-0.3, -0.25) is 9.59 Å². The Balaban J connectivity index is 1.46. The summed E-state index contributed by atoms with van der Waals surface area (Å²) in [6.07, 6.45) is 5.16. The highest BCUT2D eigenvalue weighted by molar-refractivity contribution is 7.13. The van der Waals surface area contributed by atoms with Crippen LogP contribution in [0.15, 0.2) is 6.20 Å². The highest BCUT2D eigenvalue weighted by Crippen LogP contribution is 2.25. The Hall–Kier alpha value is -2.26. The van der Waals surface area contributed by atoms with Gasteiger partial charge in [0.15, 0.2) is 0 Å². The van der Waals surface area contributed by atoms with Crippen LogP contribution in [0.25, 0.3) is 0 Å². The van der Waals surface area contributed by atoms with Gasteiger partial charge in [-0.25, -0.2) is 15.0 Å². The van der Waals surface area contributed by atoms with Gasteiger partial charge >= 0.3 is 0 Å². The molecular weight excluding hydrogens is 424 g/mol. The molecule has 1 aliphatic heterocycles. The first kappa shape index (κ1) is 22.4. The van der Waals surface area contributed by atoms with Crippen LogP contribution in [0.1, 0.15) is 52.1 Å². The van der Waals surface area contributed by atoms with Gasteiger partial charge in [-0.05, 0) is 64.0 Å². The molecular formula is C20H27ClN6O2S. The zero-order valence-corrected chi connectivity index (χ0v) is 19.0. The second kappa shape index (κ2) is 9.70. The molecule has 0 aliphatic carbocycles. The van der Waals surface area contributed by atoms with E-state index in [9.17, 15) is 9.59 Å². The summed E-state index contributed by atoms with van der Waals surface area (Å²) in [4.78, 5) is 39.7. The Bertz CT molecular complexity index is 903. The van der Waals surface area contributed by atoms with Crippen molar-refractivity contribution in [2.45, 2.75) is 52.5 Å². The number of thiazole rings is 1. The molecule has 3 heterocycles. The summed E-state index contributed by atoms with van der Waals surface area (Å²) >= 11 is 7.16. The van der Waals surface area contributed by atoms with Crippen molar-refractivity contribution >= 4 is 40.6 Å². The van der Waals surface area contributed by atoms with E-state index in [1.54, 1.807) is 6.92 Å². The van der Waals surface area contributed by atoms with Crippen LogP contribution in [-0.2, 0) is 11.2 Å². The lowest BCUT2D eigenvalue weighted by molar-refractivity contribution is -0.134. The maximum absolute atomic E-state index is 12.7. The molecule has 2 aromatic rings. The first-order chi connectivity index (χ1) is 14.2. The first-order valence-corrected chi connectivity index (χ1v) is 11.2. The molecule has 1 unspecified atom stereocenters. The molecule has 1 atom stereocenters. The van der Waals surface area contributed by atoms with Crippen LogP contribution >= 0.6 is 22.9 Å². The maximum Gasteiger partial charge on any atom is 0.263 e. The molecule has 8 nitrogen and oxygen atoms in total. The highest BCUT2D eigenvalue weighted by atomic mass is 35.5. The number of likely N-dealkylation sites (tertiary alicyclic amines) is 1. The molecule has 162 valence electrons. The lowest BCUT2D eigenvalue weighted by Gasteiger charge is -2.33. The fraction of sp³-hybridized carbons (Fsp3) is 0.550. The molecule has 30 heavy (non-hydrogen) atoms. The first-order valence-electron chi connectivity index (χ1n) is 10.0. The van der Waals surface area contributed by atoms with Crippen molar-refractivity contribution < 1.29 is 9.59 Å². The van der Waals surface area contributed by atoms with E-state index >= 15 is 0 Å². The van der Waals surface area contributed by atoms with Gasteiger partial charge < -0.3 is 16.0 Å². The van der Waals surface area contributed by atoms with Crippen molar-refractivity contribution in [3.05, 3.63) is 32.6 Å². The number of nitrogens with two attached hydrogens (primary N) is 1. The molecule has 1 fully saturated rings. The summed E-state index contributed by atoms with van der Waals surface area (Å²) in [7, 11) is 0. The van der Waals surface area contributed by atoms with Crippen LogP contribution in [0.2, 0.25) is 5.28 Å². The van der Waals surface area contributed by atoms with Crippen molar-refractivity contribution in [3.8, 4) is 0 Å². The van der Waals surface area contributed by atoms with Crippen molar-refractivity contribution in [1.29, 1.82) is 0 Å². The van der Waals surface area contributed by atoms with E-state index in [4.69, 9.17) is 17.3 Å². The standard InChI is InChI=1S/C20H27ClN6O2S/c1-11-15(17(22)26-20(21)25-11)5-4-14-6-8-27(9-7-14)19(29)12(2)24-18(28)16-10-23-13(3)30-16/h10,12,14H,4-9H2,1-3H3,(H,24,28)(H2,22,25,26). The average Bonchev–Trinajstić information content (AvgIpc) is 3.13. The number of carbonyl (C=O) groups is 2. The summed E-state index contributed by atoms with van der Waals surface area (Å²) in [5.74, 6) is 0.651. The number of halogens is 1. The number of nitrogens with zero attached hydrogens (tertiary/aromatic N) is 4. The largest absolute Gasteiger partial charge is 0.383 e. The summed E-state index contributed by atoms with van der Waals surface area (Å²) < 4.78 is 0. The van der Waals surface area contributed by atoms with Gasteiger partial charge in [0.05, 0.1) is 11.2 Å². The average molecular weight is 451 g/mol. The predicted octanol–water partition coefficient (Wildman–Crippen LogP) is 2.78. The van der Waals surface area contributed by atoms with Crippen LogP contribution in [0.4, 0.5) is 5.82 Å². The lowest BCUT2D eigenvalue weighted by atomic mass is 9.90. The summed E-state index contributed by atoms with van der Waals surface area (Å²) in [6.45, 7) is 6.84. The number of hydrogen-bond acceptors (Lipinski definition) is 7. The predicted molar refractivity (Wildman–Crippen MR) is 118 cm³/mol. The number of carbonyl (C=O) groups excluding carboxylic acids is 2. The van der Waals surface area contributed by atoms with E-state index < -0.39 is 6.04 Å². The van der Waals surface area contributed by atoms with E-state index in [0.29, 0.717) is 29.7 Å². The number of nitrogens with one attached hydrogen (secondary N) is 1. The van der Waals surface area contributed by atoms with Crippen LogP contribution < -0.4 is 11.1 Å². The van der Waals surface area contributed by atoms with Gasteiger partial charge in [-0.2, -0.15) is 0 Å². The minimum absolute atomic E-state index is 0.0470. The van der Waals surface area contributed by atoms with E-state index in [1.165, 1.54) is 17.5 Å². The van der Waals surface area contributed by atoms with Gasteiger partial charge in [-0.1, -0.05) is 0 Å². The monoisotopic (exact) mass is 450 g/mol. The van der Waals surface area contributed by atoms with Crippen LogP contribution in [0.5, 0.6) is 0 Å². The summed E-state index contributed by atoms with van der Waals surface area (Å²) in [5.41, 5.74) is 7.76. The lowest BCUT2D eigenvalue weighted by Crippen LogP contribution is -2.49. The van der Waals surface area contributed by atoms with E-state index in [0.717, 1.165) is 41.9 Å². The Kier molecular flexibility index (Phi) is 7.25. The van der Waals surface area contributed by atoms with Gasteiger partial charge in [0.1, 0.15) is 16.7 Å². The van der Waals surface area contributed by atoms with Crippen LogP contribution in [0, 0.1) is 19.8 Å². The minimum atomic E-state index is -0.565. The molecule has 3 rings (SSSR count). The number of rotatable bonds is 6. The Morgan fingerprint density at radius 3 is 2.63 bits per heavy atom. The number of piperidine rings is 1. The van der Waals surface area contributed by atoms with Crippen LogP contribution in [0.3, 0.4) is 0 Å². The smallest absolute Gasteiger partial charge is 0.263 e. The fourth-order valence-electron chi connectivity index (χ4n) is 3.75. The summed E-state index contributed by atoms with van der Waals surface area (Å²) in [6, 6.07) is -0.565. The molecule has 10 heteroatoms. The number of anilines is 1. The van der Waals surface area contributed by atoms with Crippen molar-refractivity contribution in [2.24, 2.45) is 5.92 Å². The number of aryl methyl sites for hydroxylation is 2. The topological polar surface area (TPSA) is 114 Å². The van der Waals surface area contributed by atoms with Gasteiger partial charge in [0.2, 0.25) is 11.2 Å². The molecule has 0 radical (unpaired) electrons. The van der Waals surface area contributed by atoms with Gasteiger partial charge in [0.25, 0.3) is 5.91 Å². The molecule has 0 spiro atoms. The van der Waals surface area contributed by atoms with Crippen molar-refractivity contribution in [2.75, 3.05) is 18.8 Å². The second-order valence-electron chi connectivity index (χ2n) is 7.69. The molecule has 3 N–H and O–H groups in total. The van der Waals surface area contributed by atoms with E-state index in [1.807, 2.05) is 18.7 Å². The quantitative estimate of drug-likeness (QED) is 0.654. The number of aromatic nitrogens is 3. The summed E-state index contributed by atoms with van der Waals surface area (Å²) in [5, 5.41) is 3.78. The normalized spacial score (nSPS) is 15.8. The third-order valence-corrected chi connectivity index (χ3v) is 6.59. The van der Waals surface area contributed by atoms with E-state index in [2.05, 4.69) is 20.3 Å². The molecule has 2 amide bonds. The number of amides is 2. The maximum atomic E-state index is 12.7. The van der Waals surface area contributed by atoms with Crippen LogP contribution in [-0.4, -0.2) is 50.8 Å². The molecule has 1 aliphatic rings. The molecule has 2 aromatic heterocycles. The third kappa shape index (κ3) is 5.46. The Morgan fingerprint density at radius 2 is 2.03 bits per heavy atom. The zero-order chi connectivity index (χ0) is 21.8. The van der Waals surface area contributed by atoms with E-state index in [-0.39, 0.29) is 17.1 Å². The number of hydrogen-bond donors (Lipinski definition) is 2. The molecule has 1 saturated heterocycles. The highest BCUT2D eigenvalue weighted by Gasteiger charge is 2.27. The third-order valence-electron chi connectivity index (χ3n) is 5.51. The van der Waals surface area contributed by atoms with Gasteiger partial charge in [0, 0.05) is 24.3 Å². The Labute approximate surface area is 185 Å². The molecule has 0 saturated carbocycles. The molecule has 0 bridgehead atoms. The number of nitrogen functional groups attached to an aromatic ring is 1. The van der Waals surface area contributed by atoms with Crippen molar-refractivity contribution in [3.63, 3.8) is 0 Å². The fourth-order valence-corrected chi connectivity index (χ4v) is 4.65. The second-order valence-corrected chi connectivity index (χ2v) is 9.26. The Morgan fingerprint density at radius 1 is 1.33 bits per heavy atom.